The van der Waals surface area contributed by atoms with E-state index in [-0.39, 0.29) is 11.9 Å². The van der Waals surface area contributed by atoms with Gasteiger partial charge in [-0.05, 0) is 42.4 Å². The van der Waals surface area contributed by atoms with Crippen molar-refractivity contribution in [2.24, 2.45) is 5.92 Å². The van der Waals surface area contributed by atoms with Crippen LogP contribution in [0.3, 0.4) is 0 Å². The molecule has 23 heavy (non-hydrogen) atoms. The molecule has 0 fully saturated rings. The van der Waals surface area contributed by atoms with Crippen molar-refractivity contribution in [1.82, 2.24) is 10.5 Å². The van der Waals surface area contributed by atoms with Crippen molar-refractivity contribution in [3.63, 3.8) is 0 Å². The second-order valence-corrected chi connectivity index (χ2v) is 6.42. The van der Waals surface area contributed by atoms with Gasteiger partial charge >= 0.3 is 0 Å². The molecule has 1 aliphatic rings. The molecule has 0 amide bonds. The molecule has 0 aliphatic heterocycles. The van der Waals surface area contributed by atoms with Crippen LogP contribution in [0, 0.1) is 11.7 Å². The van der Waals surface area contributed by atoms with E-state index in [9.17, 15) is 4.39 Å². The summed E-state index contributed by atoms with van der Waals surface area (Å²) in [5, 5.41) is 7.81. The lowest BCUT2D eigenvalue weighted by atomic mass is 9.80. The van der Waals surface area contributed by atoms with Crippen molar-refractivity contribution in [2.75, 3.05) is 0 Å². The fraction of sp³-hybridized carbons (Fsp3) is 0.526. The van der Waals surface area contributed by atoms with Crippen LogP contribution < -0.4 is 5.32 Å². The predicted octanol–water partition coefficient (Wildman–Crippen LogP) is 4.35. The van der Waals surface area contributed by atoms with Crippen LogP contribution in [0.5, 0.6) is 0 Å². The average molecular weight is 316 g/mol. The van der Waals surface area contributed by atoms with Crippen LogP contribution in [0.15, 0.2) is 22.7 Å². The van der Waals surface area contributed by atoms with Gasteiger partial charge in [0.05, 0.1) is 5.69 Å². The highest BCUT2D eigenvalue weighted by atomic mass is 19.1. The van der Waals surface area contributed by atoms with Crippen LogP contribution >= 0.6 is 0 Å². The van der Waals surface area contributed by atoms with E-state index < -0.39 is 0 Å². The van der Waals surface area contributed by atoms with Gasteiger partial charge in [0.25, 0.3) is 0 Å². The Morgan fingerprint density at radius 2 is 2.13 bits per heavy atom. The largest absolute Gasteiger partial charge is 0.361 e. The fourth-order valence-corrected chi connectivity index (χ4v) is 3.64. The van der Waals surface area contributed by atoms with Crippen LogP contribution in [-0.4, -0.2) is 5.16 Å². The van der Waals surface area contributed by atoms with Crippen molar-refractivity contribution >= 4 is 0 Å². The summed E-state index contributed by atoms with van der Waals surface area (Å²) in [5.41, 5.74) is 4.18. The molecule has 1 N–H and O–H groups in total. The minimum atomic E-state index is -0.0744. The van der Waals surface area contributed by atoms with Gasteiger partial charge in [-0.25, -0.2) is 4.39 Å². The lowest BCUT2D eigenvalue weighted by molar-refractivity contribution is 0.336. The molecule has 2 aromatic rings. The molecule has 1 aromatic carbocycles. The van der Waals surface area contributed by atoms with E-state index in [4.69, 9.17) is 4.52 Å². The molecule has 1 aromatic heterocycles. The summed E-state index contributed by atoms with van der Waals surface area (Å²) in [7, 11) is 0. The van der Waals surface area contributed by atoms with Crippen LogP contribution in [-0.2, 0) is 25.8 Å². The Hall–Kier alpha value is -1.68. The topological polar surface area (TPSA) is 38.1 Å². The third-order valence-electron chi connectivity index (χ3n) is 5.01. The summed E-state index contributed by atoms with van der Waals surface area (Å²) in [6, 6.07) is 5.62. The van der Waals surface area contributed by atoms with E-state index >= 15 is 0 Å². The molecular formula is C19H25FN2O. The van der Waals surface area contributed by atoms with Gasteiger partial charge in [-0.15, -0.1) is 0 Å². The maximum atomic E-state index is 14.1. The van der Waals surface area contributed by atoms with Crippen LogP contribution in [0.25, 0.3) is 0 Å². The highest BCUT2D eigenvalue weighted by Crippen LogP contribution is 2.35. The smallest absolute Gasteiger partial charge is 0.141 e. The average Bonchev–Trinajstić information content (AvgIpc) is 2.96. The zero-order valence-corrected chi connectivity index (χ0v) is 14.2. The van der Waals surface area contributed by atoms with Gasteiger partial charge in [-0.3, -0.25) is 0 Å². The first-order valence-corrected chi connectivity index (χ1v) is 8.62. The molecule has 3 nitrogen and oxygen atoms in total. The van der Waals surface area contributed by atoms with Crippen molar-refractivity contribution in [1.29, 1.82) is 0 Å². The van der Waals surface area contributed by atoms with Crippen molar-refractivity contribution in [3.05, 3.63) is 52.2 Å². The first kappa shape index (κ1) is 16.2. The molecule has 3 rings (SSSR count). The predicted molar refractivity (Wildman–Crippen MR) is 88.7 cm³/mol. The first-order valence-electron chi connectivity index (χ1n) is 8.62. The van der Waals surface area contributed by atoms with Crippen molar-refractivity contribution < 1.29 is 8.91 Å². The van der Waals surface area contributed by atoms with E-state index in [1.54, 1.807) is 6.07 Å². The van der Waals surface area contributed by atoms with Gasteiger partial charge < -0.3 is 9.84 Å². The van der Waals surface area contributed by atoms with E-state index in [2.05, 4.69) is 37.3 Å². The Kier molecular flexibility index (Phi) is 4.81. The van der Waals surface area contributed by atoms with Gasteiger partial charge in [-0.1, -0.05) is 38.1 Å². The maximum absolute atomic E-state index is 14.1. The van der Waals surface area contributed by atoms with Gasteiger partial charge in [0, 0.05) is 24.6 Å². The number of nitrogens with one attached hydrogen (secondary N) is 1. The molecule has 0 unspecified atom stereocenters. The van der Waals surface area contributed by atoms with E-state index in [1.165, 1.54) is 5.56 Å². The number of hydrogen-bond acceptors (Lipinski definition) is 3. The SMILES string of the molecule is CCc1noc(CC)c1CN[C@H]1c2cccc(F)c2CC[C@H]1C. The standard InChI is InChI=1S/C19H25FN2O/c1-4-17-15(18(5-2)23-22-17)11-21-19-12(3)9-10-13-14(19)7-6-8-16(13)20/h6-8,12,19,21H,4-5,9-11H2,1-3H3/t12-,19-/m1/s1. The Labute approximate surface area is 137 Å². The summed E-state index contributed by atoms with van der Waals surface area (Å²) in [6.45, 7) is 7.13. The van der Waals surface area contributed by atoms with E-state index in [0.29, 0.717) is 5.92 Å². The number of aryl methyl sites for hydroxylation is 2. The number of nitrogens with zero attached hydrogens (tertiary/aromatic N) is 1. The normalized spacial score (nSPS) is 20.5. The molecule has 0 spiro atoms. The highest BCUT2D eigenvalue weighted by molar-refractivity contribution is 5.34. The molecule has 0 saturated heterocycles. The first-order chi connectivity index (χ1) is 11.2. The third-order valence-corrected chi connectivity index (χ3v) is 5.01. The monoisotopic (exact) mass is 316 g/mol. The summed E-state index contributed by atoms with van der Waals surface area (Å²) >= 11 is 0. The summed E-state index contributed by atoms with van der Waals surface area (Å²) in [6.07, 6.45) is 3.55. The number of halogens is 1. The van der Waals surface area contributed by atoms with E-state index in [1.807, 2.05) is 6.07 Å². The van der Waals surface area contributed by atoms with Crippen molar-refractivity contribution in [2.45, 2.75) is 59.0 Å². The number of benzene rings is 1. The van der Waals surface area contributed by atoms with Crippen LogP contribution in [0.4, 0.5) is 4.39 Å². The maximum Gasteiger partial charge on any atom is 0.141 e. The van der Waals surface area contributed by atoms with Gasteiger partial charge in [0.2, 0.25) is 0 Å². The second-order valence-electron chi connectivity index (χ2n) is 6.42. The number of fused-ring (bicyclic) bond motifs is 1. The molecule has 4 heteroatoms. The fourth-order valence-electron chi connectivity index (χ4n) is 3.64. The quantitative estimate of drug-likeness (QED) is 0.891. The minimum Gasteiger partial charge on any atom is -0.361 e. The Balaban J connectivity index is 1.84. The molecule has 1 aliphatic carbocycles. The molecular weight excluding hydrogens is 291 g/mol. The molecule has 0 saturated carbocycles. The molecule has 124 valence electrons. The lowest BCUT2D eigenvalue weighted by Gasteiger charge is -2.32. The van der Waals surface area contributed by atoms with Crippen LogP contribution in [0.1, 0.15) is 61.4 Å². The Morgan fingerprint density at radius 1 is 1.30 bits per heavy atom. The molecule has 0 bridgehead atoms. The Bertz CT molecular complexity index is 659. The zero-order valence-electron chi connectivity index (χ0n) is 14.2. The summed E-state index contributed by atoms with van der Waals surface area (Å²) < 4.78 is 19.5. The number of aromatic nitrogens is 1. The molecule has 1 heterocycles. The zero-order chi connectivity index (χ0) is 16.4. The van der Waals surface area contributed by atoms with Gasteiger partial charge in [0.15, 0.2) is 0 Å². The Morgan fingerprint density at radius 3 is 2.87 bits per heavy atom. The number of rotatable bonds is 5. The molecule has 0 radical (unpaired) electrons. The highest BCUT2D eigenvalue weighted by Gasteiger charge is 2.28. The van der Waals surface area contributed by atoms with Gasteiger partial charge in [-0.2, -0.15) is 0 Å². The number of hydrogen-bond donors (Lipinski definition) is 1. The van der Waals surface area contributed by atoms with E-state index in [0.717, 1.165) is 54.8 Å². The third kappa shape index (κ3) is 3.05. The minimum absolute atomic E-state index is 0.0744. The second kappa shape index (κ2) is 6.83. The van der Waals surface area contributed by atoms with Crippen molar-refractivity contribution in [3.8, 4) is 0 Å². The summed E-state index contributed by atoms with van der Waals surface area (Å²) in [4.78, 5) is 0. The summed E-state index contributed by atoms with van der Waals surface area (Å²) in [5.74, 6) is 1.37. The van der Waals surface area contributed by atoms with Crippen LogP contribution in [0.2, 0.25) is 0 Å². The van der Waals surface area contributed by atoms with Gasteiger partial charge in [0.1, 0.15) is 11.6 Å². The lowest BCUT2D eigenvalue weighted by Crippen LogP contribution is -2.31. The molecule has 2 atom stereocenters.